The second-order valence-corrected chi connectivity index (χ2v) is 10.3. The lowest BCUT2D eigenvalue weighted by molar-refractivity contribution is -0.122. The number of ether oxygens (including phenoxy) is 1. The van der Waals surface area contributed by atoms with Crippen molar-refractivity contribution in [2.24, 2.45) is 0 Å². The number of amides is 1. The van der Waals surface area contributed by atoms with Crippen molar-refractivity contribution in [1.29, 1.82) is 0 Å². The molecule has 0 bridgehead atoms. The normalized spacial score (nSPS) is 19.3. The van der Waals surface area contributed by atoms with E-state index >= 15 is 0 Å². The molecule has 1 saturated heterocycles. The molecule has 7 nitrogen and oxygen atoms in total. The van der Waals surface area contributed by atoms with Crippen molar-refractivity contribution >= 4 is 21.6 Å². The highest BCUT2D eigenvalue weighted by Crippen LogP contribution is 2.29. The molecule has 1 aromatic carbocycles. The summed E-state index contributed by atoms with van der Waals surface area (Å²) in [7, 11) is -3.05. The molecule has 1 fully saturated rings. The molecule has 3 rings (SSSR count). The van der Waals surface area contributed by atoms with E-state index in [0.717, 1.165) is 16.8 Å². The molecule has 1 aliphatic heterocycles. The molecule has 1 amide bonds. The second kappa shape index (κ2) is 8.18. The predicted molar refractivity (Wildman–Crippen MR) is 113 cm³/mol. The van der Waals surface area contributed by atoms with Crippen molar-refractivity contribution in [3.63, 3.8) is 0 Å². The summed E-state index contributed by atoms with van der Waals surface area (Å²) >= 11 is 0. The largest absolute Gasteiger partial charge is 0.481 e. The lowest BCUT2D eigenvalue weighted by Gasteiger charge is -2.20. The van der Waals surface area contributed by atoms with E-state index in [-0.39, 0.29) is 29.4 Å². The molecule has 0 radical (unpaired) electrons. The number of benzene rings is 1. The molecule has 1 N–H and O–H groups in total. The van der Waals surface area contributed by atoms with Crippen molar-refractivity contribution in [3.8, 4) is 5.75 Å². The second-order valence-electron chi connectivity index (χ2n) is 8.12. The van der Waals surface area contributed by atoms with Gasteiger partial charge in [0.2, 0.25) is 0 Å². The first kappa shape index (κ1) is 21.4. The van der Waals surface area contributed by atoms with Gasteiger partial charge >= 0.3 is 0 Å². The van der Waals surface area contributed by atoms with Crippen LogP contribution in [0.25, 0.3) is 0 Å². The number of hydrogen-bond donors (Lipinski definition) is 1. The third-order valence-electron chi connectivity index (χ3n) is 5.13. The first-order valence-corrected chi connectivity index (χ1v) is 11.7. The highest BCUT2D eigenvalue weighted by Gasteiger charge is 2.31. The van der Waals surface area contributed by atoms with Crippen LogP contribution < -0.4 is 10.1 Å². The van der Waals surface area contributed by atoms with E-state index in [1.165, 1.54) is 0 Å². The molecular formula is C21H29N3O4S. The highest BCUT2D eigenvalue weighted by atomic mass is 32.2. The van der Waals surface area contributed by atoms with Crippen LogP contribution in [0.2, 0.25) is 0 Å². The summed E-state index contributed by atoms with van der Waals surface area (Å²) in [5.74, 6) is 1.36. The Kier molecular flexibility index (Phi) is 6.03. The first-order chi connectivity index (χ1) is 13.6. The fraction of sp³-hybridized carbons (Fsp3) is 0.524. The molecule has 2 unspecified atom stereocenters. The Morgan fingerprint density at radius 2 is 1.97 bits per heavy atom. The fourth-order valence-corrected chi connectivity index (χ4v) is 5.24. The van der Waals surface area contributed by atoms with E-state index in [1.807, 2.05) is 32.0 Å². The number of anilines is 1. The summed E-state index contributed by atoms with van der Waals surface area (Å²) < 4.78 is 31.3. The van der Waals surface area contributed by atoms with Crippen LogP contribution in [0.4, 0.5) is 5.82 Å². The summed E-state index contributed by atoms with van der Waals surface area (Å²) in [5.41, 5.74) is 2.83. The number of aryl methyl sites for hydroxylation is 2. The number of carbonyl (C=O) groups is 1. The molecule has 0 spiro atoms. The summed E-state index contributed by atoms with van der Waals surface area (Å²) in [5, 5.41) is 7.26. The van der Waals surface area contributed by atoms with Crippen molar-refractivity contribution in [1.82, 2.24) is 9.78 Å². The van der Waals surface area contributed by atoms with E-state index in [9.17, 15) is 13.2 Å². The Morgan fingerprint density at radius 1 is 1.24 bits per heavy atom. The van der Waals surface area contributed by atoms with Crippen LogP contribution in [-0.2, 0) is 14.6 Å². The van der Waals surface area contributed by atoms with Crippen molar-refractivity contribution in [2.45, 2.75) is 59.1 Å². The maximum atomic E-state index is 12.8. The molecule has 2 aromatic rings. The molecule has 2 heterocycles. The van der Waals surface area contributed by atoms with Gasteiger partial charge in [-0.2, -0.15) is 5.10 Å². The number of rotatable bonds is 6. The monoisotopic (exact) mass is 419 g/mol. The summed E-state index contributed by atoms with van der Waals surface area (Å²) in [6, 6.07) is 7.49. The maximum Gasteiger partial charge on any atom is 0.266 e. The molecule has 1 aliphatic rings. The number of carbonyl (C=O) groups excluding carboxylic acids is 1. The van der Waals surface area contributed by atoms with Crippen LogP contribution in [0.1, 0.15) is 56.0 Å². The zero-order valence-electron chi connectivity index (χ0n) is 17.6. The van der Waals surface area contributed by atoms with E-state index in [4.69, 9.17) is 4.74 Å². The summed E-state index contributed by atoms with van der Waals surface area (Å²) in [6.45, 7) is 9.67. The molecule has 29 heavy (non-hydrogen) atoms. The topological polar surface area (TPSA) is 90.3 Å². The van der Waals surface area contributed by atoms with Crippen molar-refractivity contribution in [3.05, 3.63) is 41.1 Å². The van der Waals surface area contributed by atoms with E-state index in [0.29, 0.717) is 18.0 Å². The van der Waals surface area contributed by atoms with E-state index in [2.05, 4.69) is 24.3 Å². The standard InChI is InChI=1S/C21H29N3O4S/c1-13(2)18-7-6-14(3)10-19(18)28-16(5)21(25)22-20-11-15(4)23-24(20)17-8-9-29(26,27)12-17/h6-7,10-11,13,16-17H,8-9,12H2,1-5H3,(H,22,25). The van der Waals surface area contributed by atoms with Gasteiger partial charge in [-0.25, -0.2) is 13.1 Å². The number of sulfone groups is 1. The van der Waals surface area contributed by atoms with Gasteiger partial charge in [-0.1, -0.05) is 26.0 Å². The van der Waals surface area contributed by atoms with Crippen LogP contribution >= 0.6 is 0 Å². The van der Waals surface area contributed by atoms with Gasteiger partial charge < -0.3 is 10.1 Å². The van der Waals surface area contributed by atoms with E-state index in [1.54, 1.807) is 17.7 Å². The maximum absolute atomic E-state index is 12.8. The van der Waals surface area contributed by atoms with Crippen LogP contribution in [-0.4, -0.2) is 41.7 Å². The Hall–Kier alpha value is -2.35. The van der Waals surface area contributed by atoms with Gasteiger partial charge in [0, 0.05) is 6.07 Å². The zero-order chi connectivity index (χ0) is 21.3. The summed E-state index contributed by atoms with van der Waals surface area (Å²) in [6.07, 6.45) is -0.218. The molecule has 0 aliphatic carbocycles. The van der Waals surface area contributed by atoms with Crippen molar-refractivity contribution < 1.29 is 17.9 Å². The number of nitrogens with zero attached hydrogens (tertiary/aromatic N) is 2. The third kappa shape index (κ3) is 4.98. The Balaban J connectivity index is 1.75. The molecule has 1 aromatic heterocycles. The van der Waals surface area contributed by atoms with Gasteiger partial charge in [0.15, 0.2) is 15.9 Å². The average Bonchev–Trinajstić information content (AvgIpc) is 3.16. The Labute approximate surface area is 172 Å². The van der Waals surface area contributed by atoms with Crippen molar-refractivity contribution in [2.75, 3.05) is 16.8 Å². The fourth-order valence-electron chi connectivity index (χ4n) is 3.55. The van der Waals surface area contributed by atoms with Crippen LogP contribution in [0, 0.1) is 13.8 Å². The highest BCUT2D eigenvalue weighted by molar-refractivity contribution is 7.91. The molecular weight excluding hydrogens is 390 g/mol. The summed E-state index contributed by atoms with van der Waals surface area (Å²) in [4.78, 5) is 12.8. The zero-order valence-corrected chi connectivity index (χ0v) is 18.4. The third-order valence-corrected chi connectivity index (χ3v) is 6.88. The minimum Gasteiger partial charge on any atom is -0.481 e. The van der Waals surface area contributed by atoms with Crippen LogP contribution in [0.3, 0.4) is 0 Å². The number of nitrogens with one attached hydrogen (secondary N) is 1. The lowest BCUT2D eigenvalue weighted by Crippen LogP contribution is -2.32. The first-order valence-electron chi connectivity index (χ1n) is 9.90. The number of hydrogen-bond acceptors (Lipinski definition) is 5. The van der Waals surface area contributed by atoms with Crippen LogP contribution in [0.5, 0.6) is 5.75 Å². The Morgan fingerprint density at radius 3 is 2.59 bits per heavy atom. The smallest absolute Gasteiger partial charge is 0.266 e. The average molecular weight is 420 g/mol. The van der Waals surface area contributed by atoms with E-state index < -0.39 is 15.9 Å². The molecule has 0 saturated carbocycles. The van der Waals surface area contributed by atoms with Gasteiger partial charge in [-0.05, 0) is 50.3 Å². The quantitative estimate of drug-likeness (QED) is 0.775. The molecule has 8 heteroatoms. The van der Waals surface area contributed by atoms with Gasteiger partial charge in [-0.15, -0.1) is 0 Å². The minimum atomic E-state index is -3.05. The SMILES string of the molecule is Cc1ccc(C(C)C)c(OC(C)C(=O)Nc2cc(C)nn2C2CCS(=O)(=O)C2)c1. The van der Waals surface area contributed by atoms with Gasteiger partial charge in [-0.3, -0.25) is 4.79 Å². The van der Waals surface area contributed by atoms with Gasteiger partial charge in [0.05, 0.1) is 23.2 Å². The number of aromatic nitrogens is 2. The van der Waals surface area contributed by atoms with Gasteiger partial charge in [0.1, 0.15) is 11.6 Å². The predicted octanol–water partition coefficient (Wildman–Crippen LogP) is 3.39. The Bertz CT molecular complexity index is 1010. The molecule has 2 atom stereocenters. The van der Waals surface area contributed by atoms with Gasteiger partial charge in [0.25, 0.3) is 5.91 Å². The minimum absolute atomic E-state index is 0.0457. The molecule has 158 valence electrons. The van der Waals surface area contributed by atoms with Crippen LogP contribution in [0.15, 0.2) is 24.3 Å². The lowest BCUT2D eigenvalue weighted by atomic mass is 10.0.